The van der Waals surface area contributed by atoms with Crippen molar-refractivity contribution in [2.75, 3.05) is 18.0 Å². The van der Waals surface area contributed by atoms with Gasteiger partial charge in [-0.15, -0.1) is 0 Å². The molecule has 1 unspecified atom stereocenters. The number of aryl methyl sites for hydroxylation is 1. The molecule has 0 radical (unpaired) electrons. The molecule has 33 heavy (non-hydrogen) atoms. The molecule has 3 aromatic rings. The van der Waals surface area contributed by atoms with Crippen LogP contribution in [0.25, 0.3) is 0 Å². The first-order valence-electron chi connectivity index (χ1n) is 10.6. The fourth-order valence-corrected chi connectivity index (χ4v) is 4.12. The van der Waals surface area contributed by atoms with Crippen molar-refractivity contribution < 1.29 is 52.9 Å². The zero-order valence-electron chi connectivity index (χ0n) is 19.3. The van der Waals surface area contributed by atoms with Crippen molar-refractivity contribution in [1.82, 2.24) is 0 Å². The number of nitrogens with zero attached hydrogens (tertiary/aromatic N) is 1. The van der Waals surface area contributed by atoms with Crippen LogP contribution in [-0.4, -0.2) is 18.9 Å². The molecule has 1 atom stereocenters. The quantitative estimate of drug-likeness (QED) is 0.241. The SMILES string of the molecule is CCN(CC)c1ccc(CCC(=O)c2ccc(OP(=O)([O-])Oc3ccccc3)cc2)cc1.[Na+]. The van der Waals surface area contributed by atoms with Gasteiger partial charge < -0.3 is 18.8 Å². The Morgan fingerprint density at radius 3 is 1.94 bits per heavy atom. The number of Topliss-reactive ketones (excluding diaryl/α,β-unsaturated/α-hetero) is 1. The van der Waals surface area contributed by atoms with Gasteiger partial charge in [-0.25, -0.2) is 4.57 Å². The molecule has 0 spiro atoms. The molecular weight excluding hydrogens is 448 g/mol. The van der Waals surface area contributed by atoms with Crippen LogP contribution >= 0.6 is 7.82 Å². The van der Waals surface area contributed by atoms with E-state index in [1.54, 1.807) is 30.3 Å². The molecule has 0 aliphatic carbocycles. The van der Waals surface area contributed by atoms with E-state index < -0.39 is 7.82 Å². The minimum Gasteiger partial charge on any atom is -0.736 e. The topological polar surface area (TPSA) is 78.9 Å². The van der Waals surface area contributed by atoms with Crippen molar-refractivity contribution in [2.24, 2.45) is 0 Å². The molecule has 3 aromatic carbocycles. The van der Waals surface area contributed by atoms with Crippen molar-refractivity contribution in [3.8, 4) is 11.5 Å². The summed E-state index contributed by atoms with van der Waals surface area (Å²) in [5.41, 5.74) is 2.77. The van der Waals surface area contributed by atoms with Crippen LogP contribution in [0.3, 0.4) is 0 Å². The predicted octanol–water partition coefficient (Wildman–Crippen LogP) is 2.28. The Kier molecular flexibility index (Phi) is 10.7. The molecule has 0 saturated carbocycles. The third-order valence-electron chi connectivity index (χ3n) is 5.06. The van der Waals surface area contributed by atoms with E-state index in [1.807, 2.05) is 0 Å². The zero-order valence-corrected chi connectivity index (χ0v) is 22.2. The van der Waals surface area contributed by atoms with Gasteiger partial charge in [0.25, 0.3) is 0 Å². The number of hydrogen-bond donors (Lipinski definition) is 0. The molecule has 0 bridgehead atoms. The number of para-hydroxylation sites is 1. The van der Waals surface area contributed by atoms with E-state index in [4.69, 9.17) is 9.05 Å². The van der Waals surface area contributed by atoms with E-state index in [0.29, 0.717) is 18.4 Å². The average Bonchev–Trinajstić information content (AvgIpc) is 2.79. The smallest absolute Gasteiger partial charge is 0.736 e. The number of phosphoric acid groups is 1. The number of carbonyl (C=O) groups is 1. The number of rotatable bonds is 11. The van der Waals surface area contributed by atoms with E-state index >= 15 is 0 Å². The molecule has 6 nitrogen and oxygen atoms in total. The molecule has 0 fully saturated rings. The fourth-order valence-electron chi connectivity index (χ4n) is 3.32. The van der Waals surface area contributed by atoms with Gasteiger partial charge in [-0.2, -0.15) is 0 Å². The van der Waals surface area contributed by atoms with Gasteiger partial charge in [0.15, 0.2) is 5.78 Å². The maximum absolute atomic E-state index is 12.5. The Bertz CT molecular complexity index is 1050. The molecule has 168 valence electrons. The van der Waals surface area contributed by atoms with Crippen LogP contribution in [0.1, 0.15) is 36.2 Å². The van der Waals surface area contributed by atoms with Gasteiger partial charge in [-0.1, -0.05) is 30.3 Å². The minimum absolute atomic E-state index is 0. The molecule has 0 aliphatic heterocycles. The summed E-state index contributed by atoms with van der Waals surface area (Å²) in [6.07, 6.45) is 0.998. The molecule has 3 rings (SSSR count). The van der Waals surface area contributed by atoms with Crippen LogP contribution in [0, 0.1) is 0 Å². The second-order valence-electron chi connectivity index (χ2n) is 7.23. The normalized spacial score (nSPS) is 12.2. The first kappa shape index (κ1) is 27.2. The van der Waals surface area contributed by atoms with Gasteiger partial charge >= 0.3 is 37.4 Å². The van der Waals surface area contributed by atoms with Crippen molar-refractivity contribution in [1.29, 1.82) is 0 Å². The zero-order chi connectivity index (χ0) is 23.0. The minimum atomic E-state index is -4.58. The number of phosphoric ester groups is 1. The molecular formula is C25H27NNaO5P. The first-order valence-corrected chi connectivity index (χ1v) is 12.1. The van der Waals surface area contributed by atoms with Crippen LogP contribution in [0.15, 0.2) is 78.9 Å². The van der Waals surface area contributed by atoms with E-state index in [2.05, 4.69) is 43.0 Å². The van der Waals surface area contributed by atoms with Crippen LogP contribution in [-0.2, 0) is 11.0 Å². The monoisotopic (exact) mass is 475 g/mol. The van der Waals surface area contributed by atoms with Crippen LogP contribution in [0.4, 0.5) is 5.69 Å². The van der Waals surface area contributed by atoms with E-state index in [9.17, 15) is 14.3 Å². The van der Waals surface area contributed by atoms with Crippen molar-refractivity contribution in [3.63, 3.8) is 0 Å². The van der Waals surface area contributed by atoms with Gasteiger partial charge in [0.05, 0.1) is 0 Å². The number of hydrogen-bond acceptors (Lipinski definition) is 6. The third kappa shape index (κ3) is 8.33. The second-order valence-corrected chi connectivity index (χ2v) is 8.49. The second kappa shape index (κ2) is 13.0. The van der Waals surface area contributed by atoms with E-state index in [1.165, 1.54) is 30.0 Å². The Morgan fingerprint density at radius 1 is 0.848 bits per heavy atom. The van der Waals surface area contributed by atoms with Crippen LogP contribution < -0.4 is 48.4 Å². The number of anilines is 1. The maximum Gasteiger partial charge on any atom is 1.00 e. The number of carbonyl (C=O) groups excluding carboxylic acids is 1. The van der Waals surface area contributed by atoms with E-state index in [-0.39, 0.29) is 46.8 Å². The Balaban J connectivity index is 0.00000385. The summed E-state index contributed by atoms with van der Waals surface area (Å²) < 4.78 is 22.0. The Morgan fingerprint density at radius 2 is 1.39 bits per heavy atom. The van der Waals surface area contributed by atoms with E-state index in [0.717, 1.165) is 18.7 Å². The molecule has 0 amide bonds. The summed E-state index contributed by atoms with van der Waals surface area (Å²) in [7, 11) is -4.58. The standard InChI is InChI=1S/C25H28NO5P.Na/c1-3-26(4-2)22-15-10-20(11-16-22)12-19-25(27)21-13-17-24(18-14-21)31-32(28,29)30-23-8-6-5-7-9-23;/h5-11,13-18H,3-4,12,19H2,1-2H3,(H,28,29);/q;+1/p-1. The molecule has 0 N–H and O–H groups in total. The summed E-state index contributed by atoms with van der Waals surface area (Å²) in [5.74, 6) is 0.237. The van der Waals surface area contributed by atoms with Gasteiger partial charge in [-0.05, 0) is 74.4 Å². The Hall–Kier alpha value is -2.08. The van der Waals surface area contributed by atoms with Gasteiger partial charge in [0.2, 0.25) is 0 Å². The van der Waals surface area contributed by atoms with Gasteiger partial charge in [-0.3, -0.25) is 4.79 Å². The Labute approximate surface area is 217 Å². The number of benzene rings is 3. The predicted molar refractivity (Wildman–Crippen MR) is 124 cm³/mol. The average molecular weight is 475 g/mol. The van der Waals surface area contributed by atoms with Crippen molar-refractivity contribution >= 4 is 19.3 Å². The summed E-state index contributed by atoms with van der Waals surface area (Å²) in [4.78, 5) is 26.9. The molecule has 0 heterocycles. The summed E-state index contributed by atoms with van der Waals surface area (Å²) in [6, 6.07) is 22.4. The summed E-state index contributed by atoms with van der Waals surface area (Å²) in [5, 5.41) is 0. The molecule has 8 heteroatoms. The van der Waals surface area contributed by atoms with Crippen LogP contribution in [0.5, 0.6) is 11.5 Å². The molecule has 0 aliphatic rings. The van der Waals surface area contributed by atoms with Crippen molar-refractivity contribution in [3.05, 3.63) is 90.0 Å². The number of ketones is 1. The van der Waals surface area contributed by atoms with Crippen molar-refractivity contribution in [2.45, 2.75) is 26.7 Å². The van der Waals surface area contributed by atoms with Gasteiger partial charge in [0.1, 0.15) is 11.5 Å². The molecule has 0 aromatic heterocycles. The summed E-state index contributed by atoms with van der Waals surface area (Å²) >= 11 is 0. The summed E-state index contributed by atoms with van der Waals surface area (Å²) in [6.45, 7) is 6.15. The third-order valence-corrected chi connectivity index (χ3v) is 5.93. The largest absolute Gasteiger partial charge is 1.00 e. The first-order chi connectivity index (χ1) is 15.4. The van der Waals surface area contributed by atoms with Crippen LogP contribution in [0.2, 0.25) is 0 Å². The maximum atomic E-state index is 12.5. The molecule has 0 saturated heterocycles. The van der Waals surface area contributed by atoms with Gasteiger partial charge in [0, 0.05) is 30.8 Å². The fraction of sp³-hybridized carbons (Fsp3) is 0.240.